The molecule has 1 fully saturated rings. The Bertz CT molecular complexity index is 1630. The lowest BCUT2D eigenvalue weighted by Crippen LogP contribution is -2.35. The molecule has 0 spiro atoms. The van der Waals surface area contributed by atoms with E-state index < -0.39 is 17.1 Å². The number of nitrogens with zero attached hydrogens (tertiary/aromatic N) is 3. The highest BCUT2D eigenvalue weighted by atomic mass is 19.1. The molecule has 2 N–H and O–H groups in total. The number of fused-ring (bicyclic) bond motifs is 1. The number of amides is 2. The lowest BCUT2D eigenvalue weighted by Gasteiger charge is -2.16. The van der Waals surface area contributed by atoms with Crippen LogP contribution in [0.3, 0.4) is 0 Å². The molecule has 188 valence electrons. The molecule has 9 nitrogen and oxygen atoms in total. The maximum absolute atomic E-state index is 13.1. The largest absolute Gasteiger partial charge is 0.457 e. The molecule has 5 aromatic rings. The van der Waals surface area contributed by atoms with Crippen LogP contribution in [0.5, 0.6) is 11.5 Å². The minimum absolute atomic E-state index is 0.386. The first-order valence-electron chi connectivity index (χ1n) is 11.8. The SMILES string of the molecule is O=C(Nc1ccc(F)cc1)C1(C(=O)Nc2ccc(Oc3ccnc4cc(-c5nnco5)ccc34)cc2)CC1. The van der Waals surface area contributed by atoms with Gasteiger partial charge in [0.05, 0.1) is 5.52 Å². The van der Waals surface area contributed by atoms with Gasteiger partial charge in [-0.15, -0.1) is 10.2 Å². The summed E-state index contributed by atoms with van der Waals surface area (Å²) >= 11 is 0. The Kier molecular flexibility index (Phi) is 5.76. The van der Waals surface area contributed by atoms with Gasteiger partial charge in [0.1, 0.15) is 22.7 Å². The van der Waals surface area contributed by atoms with Gasteiger partial charge in [-0.05, 0) is 85.6 Å². The summed E-state index contributed by atoms with van der Waals surface area (Å²) in [7, 11) is 0. The number of hydrogen-bond acceptors (Lipinski definition) is 7. The average molecular weight is 509 g/mol. The lowest BCUT2D eigenvalue weighted by molar-refractivity contribution is -0.131. The van der Waals surface area contributed by atoms with E-state index in [1.165, 1.54) is 30.7 Å². The van der Waals surface area contributed by atoms with Crippen LogP contribution in [0.25, 0.3) is 22.4 Å². The first-order valence-corrected chi connectivity index (χ1v) is 11.8. The summed E-state index contributed by atoms with van der Waals surface area (Å²) in [4.78, 5) is 30.1. The number of ether oxygens (including phenoxy) is 1. The quantitative estimate of drug-likeness (QED) is 0.275. The summed E-state index contributed by atoms with van der Waals surface area (Å²) in [5.41, 5.74) is 1.29. The number of anilines is 2. The minimum Gasteiger partial charge on any atom is -0.457 e. The molecule has 0 atom stereocenters. The molecule has 2 heterocycles. The summed E-state index contributed by atoms with van der Waals surface area (Å²) in [6, 6.07) is 19.6. The number of halogens is 1. The van der Waals surface area contributed by atoms with Crippen molar-refractivity contribution in [1.82, 2.24) is 15.2 Å². The highest BCUT2D eigenvalue weighted by Crippen LogP contribution is 2.47. The Morgan fingerprint density at radius 1 is 0.895 bits per heavy atom. The Labute approximate surface area is 215 Å². The van der Waals surface area contributed by atoms with E-state index in [1.54, 1.807) is 36.5 Å². The standard InChI is InChI=1S/C28H20FN5O4/c29-18-2-4-19(5-3-18)32-26(35)28(12-13-28)27(36)33-20-6-8-21(9-7-20)38-24-11-14-30-23-15-17(1-10-22(23)24)25-34-31-16-37-25/h1-11,14-16H,12-13H2,(H,32,35)(H,33,36). The molecule has 38 heavy (non-hydrogen) atoms. The second-order valence-corrected chi connectivity index (χ2v) is 8.91. The Hall–Kier alpha value is -5.12. The third kappa shape index (κ3) is 4.55. The number of hydrogen-bond donors (Lipinski definition) is 2. The van der Waals surface area contributed by atoms with Crippen molar-refractivity contribution in [3.8, 4) is 23.0 Å². The van der Waals surface area contributed by atoms with Gasteiger partial charge in [-0.2, -0.15) is 0 Å². The van der Waals surface area contributed by atoms with Crippen molar-refractivity contribution in [2.45, 2.75) is 12.8 Å². The van der Waals surface area contributed by atoms with Crippen LogP contribution in [0.4, 0.5) is 15.8 Å². The van der Waals surface area contributed by atoms with Crippen molar-refractivity contribution in [2.24, 2.45) is 5.41 Å². The topological polar surface area (TPSA) is 119 Å². The fraction of sp³-hybridized carbons (Fsp3) is 0.107. The van der Waals surface area contributed by atoms with E-state index in [9.17, 15) is 14.0 Å². The molecule has 1 aliphatic rings. The van der Waals surface area contributed by atoms with E-state index in [0.29, 0.717) is 47.1 Å². The van der Waals surface area contributed by atoms with Crippen LogP contribution in [-0.2, 0) is 9.59 Å². The van der Waals surface area contributed by atoms with Gasteiger partial charge < -0.3 is 19.8 Å². The van der Waals surface area contributed by atoms with Crippen LogP contribution in [-0.4, -0.2) is 27.0 Å². The molecule has 2 aromatic heterocycles. The van der Waals surface area contributed by atoms with Gasteiger partial charge in [0.25, 0.3) is 0 Å². The van der Waals surface area contributed by atoms with Crippen molar-refractivity contribution in [3.05, 3.63) is 91.2 Å². The highest BCUT2D eigenvalue weighted by Gasteiger charge is 2.56. The first kappa shape index (κ1) is 23.3. The number of carbonyl (C=O) groups is 2. The van der Waals surface area contributed by atoms with Crippen LogP contribution in [0.2, 0.25) is 0 Å². The predicted molar refractivity (Wildman–Crippen MR) is 137 cm³/mol. The summed E-state index contributed by atoms with van der Waals surface area (Å²) in [5, 5.41) is 13.9. The summed E-state index contributed by atoms with van der Waals surface area (Å²) < 4.78 is 24.5. The van der Waals surface area contributed by atoms with Crippen molar-refractivity contribution < 1.29 is 23.1 Å². The molecule has 10 heteroatoms. The van der Waals surface area contributed by atoms with Gasteiger partial charge in [0.15, 0.2) is 0 Å². The smallest absolute Gasteiger partial charge is 0.247 e. The van der Waals surface area contributed by atoms with E-state index in [0.717, 1.165) is 10.9 Å². The van der Waals surface area contributed by atoms with Gasteiger partial charge in [0, 0.05) is 28.5 Å². The Morgan fingerprint density at radius 2 is 1.58 bits per heavy atom. The maximum atomic E-state index is 13.1. The fourth-order valence-electron chi connectivity index (χ4n) is 4.09. The third-order valence-corrected chi connectivity index (χ3v) is 6.37. The average Bonchev–Trinajstić information content (AvgIpc) is 3.57. The zero-order valence-corrected chi connectivity index (χ0v) is 19.8. The van der Waals surface area contributed by atoms with Crippen molar-refractivity contribution in [2.75, 3.05) is 10.6 Å². The number of rotatable bonds is 7. The van der Waals surface area contributed by atoms with Gasteiger partial charge in [-0.3, -0.25) is 14.6 Å². The second-order valence-electron chi connectivity index (χ2n) is 8.91. The van der Waals surface area contributed by atoms with Crippen LogP contribution in [0.15, 0.2) is 89.8 Å². The number of pyridine rings is 1. The number of carbonyl (C=O) groups excluding carboxylic acids is 2. The zero-order valence-electron chi connectivity index (χ0n) is 19.8. The summed E-state index contributed by atoms with van der Waals surface area (Å²) in [6.45, 7) is 0. The van der Waals surface area contributed by atoms with Crippen LogP contribution < -0.4 is 15.4 Å². The van der Waals surface area contributed by atoms with Gasteiger partial charge in [-0.1, -0.05) is 0 Å². The third-order valence-electron chi connectivity index (χ3n) is 6.37. The molecule has 0 bridgehead atoms. The summed E-state index contributed by atoms with van der Waals surface area (Å²) in [5.74, 6) is 0.376. The van der Waals surface area contributed by atoms with E-state index in [-0.39, 0.29) is 5.91 Å². The van der Waals surface area contributed by atoms with Crippen LogP contribution >= 0.6 is 0 Å². The Balaban J connectivity index is 1.13. The molecule has 3 aromatic carbocycles. The molecule has 1 saturated carbocycles. The predicted octanol–water partition coefficient (Wildman–Crippen LogP) is 5.57. The monoisotopic (exact) mass is 509 g/mol. The van der Waals surface area contributed by atoms with Crippen molar-refractivity contribution in [3.63, 3.8) is 0 Å². The zero-order chi connectivity index (χ0) is 26.1. The normalized spacial score (nSPS) is 13.6. The highest BCUT2D eigenvalue weighted by molar-refractivity contribution is 6.16. The van der Waals surface area contributed by atoms with E-state index in [2.05, 4.69) is 25.8 Å². The molecule has 0 aliphatic heterocycles. The number of aromatic nitrogens is 3. The van der Waals surface area contributed by atoms with E-state index in [4.69, 9.17) is 9.15 Å². The van der Waals surface area contributed by atoms with Gasteiger partial charge in [-0.25, -0.2) is 4.39 Å². The molecule has 0 radical (unpaired) electrons. The van der Waals surface area contributed by atoms with Gasteiger partial charge >= 0.3 is 0 Å². The maximum Gasteiger partial charge on any atom is 0.247 e. The molecule has 2 amide bonds. The van der Waals surface area contributed by atoms with Gasteiger partial charge in [0.2, 0.25) is 24.1 Å². The number of nitrogens with one attached hydrogen (secondary N) is 2. The second kappa shape index (κ2) is 9.40. The van der Waals surface area contributed by atoms with Crippen molar-refractivity contribution in [1.29, 1.82) is 0 Å². The summed E-state index contributed by atoms with van der Waals surface area (Å²) in [6.07, 6.45) is 3.80. The molecule has 0 unspecified atom stereocenters. The number of benzene rings is 3. The lowest BCUT2D eigenvalue weighted by atomic mass is 10.0. The molecule has 0 saturated heterocycles. The van der Waals surface area contributed by atoms with E-state index in [1.807, 2.05) is 18.2 Å². The van der Waals surface area contributed by atoms with Crippen molar-refractivity contribution >= 4 is 34.1 Å². The molecule has 6 rings (SSSR count). The molecular formula is C28H20FN5O4. The molecular weight excluding hydrogens is 489 g/mol. The minimum atomic E-state index is -1.14. The Morgan fingerprint density at radius 3 is 2.21 bits per heavy atom. The van der Waals surface area contributed by atoms with Crippen LogP contribution in [0.1, 0.15) is 12.8 Å². The van der Waals surface area contributed by atoms with Crippen LogP contribution in [0, 0.1) is 11.2 Å². The fourth-order valence-corrected chi connectivity index (χ4v) is 4.09. The first-order chi connectivity index (χ1) is 18.5. The molecule has 1 aliphatic carbocycles. The van der Waals surface area contributed by atoms with E-state index >= 15 is 0 Å².